The maximum atomic E-state index is 13.3. The van der Waals surface area contributed by atoms with E-state index in [4.69, 9.17) is 32.7 Å². The van der Waals surface area contributed by atoms with Gasteiger partial charge in [-0.25, -0.2) is 9.37 Å². The number of ether oxygens (including phenoxy) is 2. The largest absolute Gasteiger partial charge is 0.490 e. The molecule has 0 spiro atoms. The van der Waals surface area contributed by atoms with Crippen molar-refractivity contribution in [2.45, 2.75) is 32.9 Å². The first-order valence-electron chi connectivity index (χ1n) is 11.2. The van der Waals surface area contributed by atoms with Crippen molar-refractivity contribution in [2.75, 3.05) is 13.2 Å². The molecule has 3 aromatic carbocycles. The fourth-order valence-electron chi connectivity index (χ4n) is 3.65. The zero-order chi connectivity index (χ0) is 23.9. The van der Waals surface area contributed by atoms with E-state index in [-0.39, 0.29) is 6.61 Å². The molecule has 4 aromatic rings. The van der Waals surface area contributed by atoms with Gasteiger partial charge in [-0.05, 0) is 61.9 Å². The summed E-state index contributed by atoms with van der Waals surface area (Å²) < 4.78 is 25.0. The lowest BCUT2D eigenvalue weighted by atomic mass is 10.2. The maximum absolute atomic E-state index is 13.3. The average Bonchev–Trinajstić information content (AvgIpc) is 3.22. The van der Waals surface area contributed by atoms with E-state index in [1.807, 2.05) is 43.3 Å². The molecule has 0 aliphatic carbocycles. The van der Waals surface area contributed by atoms with Crippen molar-refractivity contribution in [3.63, 3.8) is 0 Å². The van der Waals surface area contributed by atoms with Gasteiger partial charge in [0.25, 0.3) is 0 Å². The molecule has 1 heterocycles. The number of imidazole rings is 1. The van der Waals surface area contributed by atoms with E-state index in [1.165, 1.54) is 12.1 Å². The number of hydrogen-bond donors (Lipinski definition) is 2. The number of aryl methyl sites for hydroxylation is 1. The number of nitrogens with one attached hydrogen (secondary N) is 2. The first-order chi connectivity index (χ1) is 16.5. The van der Waals surface area contributed by atoms with Gasteiger partial charge in [-0.1, -0.05) is 41.4 Å². The van der Waals surface area contributed by atoms with Gasteiger partial charge in [-0.2, -0.15) is 0 Å². The summed E-state index contributed by atoms with van der Waals surface area (Å²) in [6.45, 7) is 4.00. The lowest BCUT2D eigenvalue weighted by Crippen LogP contribution is -2.15. The standard InChI is InChI=1S/C26H26Cl2FN3O2/c1-2-33-24-13-17(12-21(28)26(24)34-16-18-9-10-19(29)14-20(18)27)15-30-11-5-8-25-31-22-6-3-4-7-23(22)32-25/h3-4,6-7,9-10,12-14,30H,2,5,8,11,15-16H2,1H3,(H,31,32). The van der Waals surface area contributed by atoms with Crippen LogP contribution in [0.1, 0.15) is 30.3 Å². The van der Waals surface area contributed by atoms with E-state index in [2.05, 4.69) is 15.3 Å². The van der Waals surface area contributed by atoms with Crippen LogP contribution < -0.4 is 14.8 Å². The molecule has 0 radical (unpaired) electrons. The van der Waals surface area contributed by atoms with Crippen LogP contribution in [0.15, 0.2) is 54.6 Å². The number of hydrogen-bond acceptors (Lipinski definition) is 4. The topological polar surface area (TPSA) is 59.2 Å². The number of nitrogens with zero attached hydrogens (tertiary/aromatic N) is 1. The smallest absolute Gasteiger partial charge is 0.180 e. The third-order valence-electron chi connectivity index (χ3n) is 5.29. The van der Waals surface area contributed by atoms with Crippen LogP contribution in [0, 0.1) is 5.82 Å². The Balaban J connectivity index is 1.32. The number of halogens is 3. The van der Waals surface area contributed by atoms with Crippen molar-refractivity contribution in [1.29, 1.82) is 0 Å². The molecule has 0 aliphatic rings. The van der Waals surface area contributed by atoms with Crippen LogP contribution in [0.25, 0.3) is 11.0 Å². The highest BCUT2D eigenvalue weighted by atomic mass is 35.5. The van der Waals surface area contributed by atoms with Crippen LogP contribution >= 0.6 is 23.2 Å². The van der Waals surface area contributed by atoms with Crippen LogP contribution in [-0.2, 0) is 19.6 Å². The van der Waals surface area contributed by atoms with Gasteiger partial charge in [0, 0.05) is 18.5 Å². The van der Waals surface area contributed by atoms with Crippen molar-refractivity contribution in [3.8, 4) is 11.5 Å². The average molecular weight is 502 g/mol. The molecule has 0 unspecified atom stereocenters. The van der Waals surface area contributed by atoms with Gasteiger partial charge < -0.3 is 19.8 Å². The number of para-hydroxylation sites is 2. The Morgan fingerprint density at radius 2 is 1.88 bits per heavy atom. The van der Waals surface area contributed by atoms with Crippen LogP contribution in [0.2, 0.25) is 10.0 Å². The van der Waals surface area contributed by atoms with E-state index < -0.39 is 5.82 Å². The predicted molar refractivity (Wildman–Crippen MR) is 134 cm³/mol. The van der Waals surface area contributed by atoms with Crippen molar-refractivity contribution in [3.05, 3.63) is 87.4 Å². The quantitative estimate of drug-likeness (QED) is 0.224. The predicted octanol–water partition coefficient (Wildman–Crippen LogP) is 6.71. The highest BCUT2D eigenvalue weighted by Gasteiger charge is 2.14. The van der Waals surface area contributed by atoms with Gasteiger partial charge in [0.2, 0.25) is 0 Å². The Labute approximate surface area is 208 Å². The summed E-state index contributed by atoms with van der Waals surface area (Å²) in [5.41, 5.74) is 3.71. The van der Waals surface area contributed by atoms with Gasteiger partial charge in [0.15, 0.2) is 11.5 Å². The normalized spacial score (nSPS) is 11.2. The molecule has 0 amide bonds. The van der Waals surface area contributed by atoms with Crippen molar-refractivity contribution >= 4 is 34.2 Å². The fraction of sp³-hybridized carbons (Fsp3) is 0.269. The minimum atomic E-state index is -0.392. The molecule has 5 nitrogen and oxygen atoms in total. The second-order valence-electron chi connectivity index (χ2n) is 7.84. The molecular weight excluding hydrogens is 476 g/mol. The second-order valence-corrected chi connectivity index (χ2v) is 8.66. The van der Waals surface area contributed by atoms with E-state index in [0.717, 1.165) is 41.8 Å². The summed E-state index contributed by atoms with van der Waals surface area (Å²) in [4.78, 5) is 7.97. The minimum absolute atomic E-state index is 0.151. The van der Waals surface area contributed by atoms with Gasteiger partial charge >= 0.3 is 0 Å². The fourth-order valence-corrected chi connectivity index (χ4v) is 4.16. The second kappa shape index (κ2) is 11.6. The molecule has 0 fully saturated rings. The molecule has 0 atom stereocenters. The van der Waals surface area contributed by atoms with Gasteiger partial charge in [-0.3, -0.25) is 0 Å². The van der Waals surface area contributed by atoms with Crippen LogP contribution in [0.5, 0.6) is 11.5 Å². The zero-order valence-electron chi connectivity index (χ0n) is 18.8. The molecule has 0 aliphatic heterocycles. The molecule has 0 saturated carbocycles. The van der Waals surface area contributed by atoms with Crippen LogP contribution in [0.3, 0.4) is 0 Å². The summed E-state index contributed by atoms with van der Waals surface area (Å²) in [6, 6.07) is 16.0. The summed E-state index contributed by atoms with van der Waals surface area (Å²) in [5.74, 6) is 1.61. The van der Waals surface area contributed by atoms with Gasteiger partial charge in [0.1, 0.15) is 18.2 Å². The van der Waals surface area contributed by atoms with E-state index >= 15 is 0 Å². The number of H-pyrrole nitrogens is 1. The molecule has 34 heavy (non-hydrogen) atoms. The molecule has 178 valence electrons. The highest BCUT2D eigenvalue weighted by molar-refractivity contribution is 6.32. The first-order valence-corrected chi connectivity index (χ1v) is 12.0. The molecule has 2 N–H and O–H groups in total. The van der Waals surface area contributed by atoms with Crippen LogP contribution in [0.4, 0.5) is 4.39 Å². The molecule has 0 saturated heterocycles. The molecule has 4 rings (SSSR count). The van der Waals surface area contributed by atoms with Gasteiger partial charge in [0.05, 0.1) is 27.7 Å². The lowest BCUT2D eigenvalue weighted by molar-refractivity contribution is 0.269. The maximum Gasteiger partial charge on any atom is 0.180 e. The first kappa shape index (κ1) is 24.3. The lowest BCUT2D eigenvalue weighted by Gasteiger charge is -2.16. The zero-order valence-corrected chi connectivity index (χ0v) is 20.3. The van der Waals surface area contributed by atoms with E-state index in [0.29, 0.717) is 40.3 Å². The Kier molecular flexibility index (Phi) is 8.27. The Bertz CT molecular complexity index is 1230. The van der Waals surface area contributed by atoms with E-state index in [1.54, 1.807) is 6.07 Å². The number of rotatable bonds is 11. The molecular formula is C26H26Cl2FN3O2. The molecule has 8 heteroatoms. The third kappa shape index (κ3) is 6.20. The molecule has 1 aromatic heterocycles. The summed E-state index contributed by atoms with van der Waals surface area (Å²) in [6.07, 6.45) is 1.82. The van der Waals surface area contributed by atoms with E-state index in [9.17, 15) is 4.39 Å². The SMILES string of the molecule is CCOc1cc(CNCCCc2nc3ccccc3[nH]2)cc(Cl)c1OCc1ccc(F)cc1Cl. The molecule has 0 bridgehead atoms. The van der Waals surface area contributed by atoms with Crippen LogP contribution in [-0.4, -0.2) is 23.1 Å². The number of fused-ring (bicyclic) bond motifs is 1. The monoisotopic (exact) mass is 501 g/mol. The van der Waals surface area contributed by atoms with Gasteiger partial charge in [-0.15, -0.1) is 0 Å². The van der Waals surface area contributed by atoms with Crippen molar-refractivity contribution in [2.24, 2.45) is 0 Å². The summed E-state index contributed by atoms with van der Waals surface area (Å²) in [5, 5.41) is 4.19. The Hall–Kier alpha value is -2.80. The Morgan fingerprint density at radius 3 is 2.68 bits per heavy atom. The highest BCUT2D eigenvalue weighted by Crippen LogP contribution is 2.37. The summed E-state index contributed by atoms with van der Waals surface area (Å²) >= 11 is 12.6. The number of aromatic nitrogens is 2. The Morgan fingerprint density at radius 1 is 1.03 bits per heavy atom. The summed E-state index contributed by atoms with van der Waals surface area (Å²) in [7, 11) is 0. The van der Waals surface area contributed by atoms with Crippen molar-refractivity contribution < 1.29 is 13.9 Å². The third-order valence-corrected chi connectivity index (χ3v) is 5.92. The number of benzene rings is 3. The number of aromatic amines is 1. The minimum Gasteiger partial charge on any atom is -0.490 e. The van der Waals surface area contributed by atoms with Crippen molar-refractivity contribution in [1.82, 2.24) is 15.3 Å².